The van der Waals surface area contributed by atoms with Crippen molar-refractivity contribution in [2.24, 2.45) is 0 Å². The molecule has 1 aliphatic heterocycles. The van der Waals surface area contributed by atoms with Gasteiger partial charge in [-0.15, -0.1) is 0 Å². The molecule has 110 valence electrons. The summed E-state index contributed by atoms with van der Waals surface area (Å²) in [6, 6.07) is 12.8. The molecule has 0 spiro atoms. The number of halogens is 1. The van der Waals surface area contributed by atoms with Gasteiger partial charge in [-0.1, -0.05) is 18.2 Å². The minimum absolute atomic E-state index is 0.0778. The zero-order valence-electron chi connectivity index (χ0n) is 12.4. The summed E-state index contributed by atoms with van der Waals surface area (Å²) in [4.78, 5) is 6.94. The summed E-state index contributed by atoms with van der Waals surface area (Å²) < 4.78 is 1.02. The highest BCUT2D eigenvalue weighted by molar-refractivity contribution is 9.10. The van der Waals surface area contributed by atoms with Crippen LogP contribution in [-0.2, 0) is 13.1 Å². The van der Waals surface area contributed by atoms with Crippen molar-refractivity contribution in [1.29, 1.82) is 0 Å². The summed E-state index contributed by atoms with van der Waals surface area (Å²) in [5.41, 5.74) is 3.82. The van der Waals surface area contributed by atoms with Gasteiger partial charge in [0.2, 0.25) is 0 Å². The normalized spacial score (nSPS) is 17.2. The average molecular weight is 346 g/mol. The van der Waals surface area contributed by atoms with Crippen molar-refractivity contribution >= 4 is 21.6 Å². The average Bonchev–Trinajstić information content (AvgIpc) is 2.59. The van der Waals surface area contributed by atoms with Crippen LogP contribution in [0.5, 0.6) is 0 Å². The van der Waals surface area contributed by atoms with Crippen LogP contribution in [0.2, 0.25) is 0 Å². The van der Waals surface area contributed by atoms with Gasteiger partial charge in [0.1, 0.15) is 0 Å². The maximum absolute atomic E-state index is 4.51. The summed E-state index contributed by atoms with van der Waals surface area (Å²) in [5, 5.41) is 3.63. The first-order valence-corrected chi connectivity index (χ1v) is 8.01. The van der Waals surface area contributed by atoms with Crippen LogP contribution >= 0.6 is 15.9 Å². The van der Waals surface area contributed by atoms with Crippen LogP contribution in [0.3, 0.4) is 0 Å². The highest BCUT2D eigenvalue weighted by Gasteiger charge is 2.26. The Labute approximate surface area is 134 Å². The van der Waals surface area contributed by atoms with Gasteiger partial charge < -0.3 is 10.2 Å². The maximum Gasteiger partial charge on any atom is 0.0602 e. The Hall–Kier alpha value is -1.39. The lowest BCUT2D eigenvalue weighted by Gasteiger charge is -2.32. The van der Waals surface area contributed by atoms with Gasteiger partial charge in [0.15, 0.2) is 0 Å². The standard InChI is InChI=1S/C17H20BrN3/c1-17(2)12-21(11-15-8-7-14(18)10-19-15)16-6-4-3-5-13(16)9-20-17/h3-8,10,20H,9,11-12H2,1-2H3. The van der Waals surface area contributed by atoms with Gasteiger partial charge >= 0.3 is 0 Å². The molecule has 0 saturated carbocycles. The Morgan fingerprint density at radius 2 is 2.05 bits per heavy atom. The Balaban J connectivity index is 1.92. The minimum Gasteiger partial charge on any atom is -0.364 e. The molecule has 0 unspecified atom stereocenters. The number of rotatable bonds is 2. The van der Waals surface area contributed by atoms with Crippen molar-refractivity contribution in [1.82, 2.24) is 10.3 Å². The van der Waals surface area contributed by atoms with Crippen molar-refractivity contribution in [3.05, 3.63) is 58.3 Å². The first kappa shape index (κ1) is 14.5. The molecule has 1 aromatic heterocycles. The van der Waals surface area contributed by atoms with E-state index >= 15 is 0 Å². The van der Waals surface area contributed by atoms with E-state index in [1.165, 1.54) is 11.3 Å². The third-order valence-electron chi connectivity index (χ3n) is 3.82. The molecule has 3 rings (SSSR count). The lowest BCUT2D eigenvalue weighted by molar-refractivity contribution is 0.394. The molecule has 4 heteroatoms. The van der Waals surface area contributed by atoms with Crippen LogP contribution < -0.4 is 10.2 Å². The van der Waals surface area contributed by atoms with Crippen LogP contribution in [0.1, 0.15) is 25.1 Å². The number of fused-ring (bicyclic) bond motifs is 1. The van der Waals surface area contributed by atoms with Crippen molar-refractivity contribution < 1.29 is 0 Å². The molecule has 1 aliphatic rings. The number of nitrogens with one attached hydrogen (secondary N) is 1. The van der Waals surface area contributed by atoms with Crippen LogP contribution in [0, 0.1) is 0 Å². The zero-order chi connectivity index (χ0) is 14.9. The Kier molecular flexibility index (Phi) is 4.00. The number of anilines is 1. The van der Waals surface area contributed by atoms with Gasteiger partial charge in [0.05, 0.1) is 12.2 Å². The Morgan fingerprint density at radius 3 is 2.81 bits per heavy atom. The number of hydrogen-bond donors (Lipinski definition) is 1. The van der Waals surface area contributed by atoms with Gasteiger partial charge in [-0.3, -0.25) is 4.98 Å². The maximum atomic E-state index is 4.51. The minimum atomic E-state index is 0.0778. The SMILES string of the molecule is CC1(C)CN(Cc2ccc(Br)cn2)c2ccccc2CN1. The molecule has 0 radical (unpaired) electrons. The molecule has 0 atom stereocenters. The van der Waals surface area contributed by atoms with Crippen LogP contribution in [-0.4, -0.2) is 17.1 Å². The topological polar surface area (TPSA) is 28.2 Å². The fourth-order valence-corrected chi connectivity index (χ4v) is 2.99. The summed E-state index contributed by atoms with van der Waals surface area (Å²) in [6.07, 6.45) is 1.86. The van der Waals surface area contributed by atoms with E-state index in [1.54, 1.807) is 0 Å². The Morgan fingerprint density at radius 1 is 1.24 bits per heavy atom. The highest BCUT2D eigenvalue weighted by atomic mass is 79.9. The van der Waals surface area contributed by atoms with E-state index in [1.807, 2.05) is 6.20 Å². The number of pyridine rings is 1. The second kappa shape index (κ2) is 5.78. The summed E-state index contributed by atoms with van der Waals surface area (Å²) in [6.45, 7) is 7.20. The predicted octanol–water partition coefficient (Wildman–Crippen LogP) is 3.73. The van der Waals surface area contributed by atoms with E-state index in [2.05, 4.69) is 81.4 Å². The number of benzene rings is 1. The summed E-state index contributed by atoms with van der Waals surface area (Å²) >= 11 is 3.44. The van der Waals surface area contributed by atoms with Gasteiger partial charge in [-0.2, -0.15) is 0 Å². The summed E-state index contributed by atoms with van der Waals surface area (Å²) in [5.74, 6) is 0. The molecule has 0 aliphatic carbocycles. The molecule has 0 saturated heterocycles. The third-order valence-corrected chi connectivity index (χ3v) is 4.29. The predicted molar refractivity (Wildman–Crippen MR) is 90.3 cm³/mol. The molecule has 3 nitrogen and oxygen atoms in total. The van der Waals surface area contributed by atoms with Crippen LogP contribution in [0.25, 0.3) is 0 Å². The third kappa shape index (κ3) is 3.44. The molecule has 1 aromatic carbocycles. The van der Waals surface area contributed by atoms with E-state index in [-0.39, 0.29) is 5.54 Å². The van der Waals surface area contributed by atoms with Gasteiger partial charge in [0, 0.05) is 35.0 Å². The largest absolute Gasteiger partial charge is 0.364 e. The molecule has 21 heavy (non-hydrogen) atoms. The molecule has 2 aromatic rings. The Bertz CT molecular complexity index is 622. The van der Waals surface area contributed by atoms with E-state index in [0.717, 1.165) is 29.8 Å². The van der Waals surface area contributed by atoms with E-state index in [4.69, 9.17) is 0 Å². The lowest BCUT2D eigenvalue weighted by Crippen LogP contribution is -2.46. The number of para-hydroxylation sites is 1. The van der Waals surface area contributed by atoms with Gasteiger partial charge in [-0.25, -0.2) is 0 Å². The molecule has 2 heterocycles. The van der Waals surface area contributed by atoms with E-state index in [0.29, 0.717) is 0 Å². The first-order valence-electron chi connectivity index (χ1n) is 7.22. The van der Waals surface area contributed by atoms with Crippen LogP contribution in [0.15, 0.2) is 47.1 Å². The van der Waals surface area contributed by atoms with Gasteiger partial charge in [0.25, 0.3) is 0 Å². The molecule has 0 amide bonds. The van der Waals surface area contributed by atoms with Crippen molar-refractivity contribution in [3.63, 3.8) is 0 Å². The van der Waals surface area contributed by atoms with E-state index in [9.17, 15) is 0 Å². The van der Waals surface area contributed by atoms with Crippen molar-refractivity contribution in [2.45, 2.75) is 32.5 Å². The fraction of sp³-hybridized carbons (Fsp3) is 0.353. The van der Waals surface area contributed by atoms with Crippen LogP contribution in [0.4, 0.5) is 5.69 Å². The smallest absolute Gasteiger partial charge is 0.0602 e. The number of hydrogen-bond acceptors (Lipinski definition) is 3. The first-order chi connectivity index (χ1) is 10.0. The van der Waals surface area contributed by atoms with Crippen molar-refractivity contribution in [2.75, 3.05) is 11.4 Å². The quantitative estimate of drug-likeness (QED) is 0.898. The van der Waals surface area contributed by atoms with Crippen molar-refractivity contribution in [3.8, 4) is 0 Å². The molecule has 0 fully saturated rings. The molecule has 1 N–H and O–H groups in total. The van der Waals surface area contributed by atoms with Gasteiger partial charge in [-0.05, 0) is 53.5 Å². The second-order valence-corrected chi connectivity index (χ2v) is 7.11. The summed E-state index contributed by atoms with van der Waals surface area (Å²) in [7, 11) is 0. The molecular formula is C17H20BrN3. The zero-order valence-corrected chi connectivity index (χ0v) is 14.0. The number of nitrogens with zero attached hydrogens (tertiary/aromatic N) is 2. The monoisotopic (exact) mass is 345 g/mol. The second-order valence-electron chi connectivity index (χ2n) is 6.19. The highest BCUT2D eigenvalue weighted by Crippen LogP contribution is 2.27. The fourth-order valence-electron chi connectivity index (χ4n) is 2.76. The molecular weight excluding hydrogens is 326 g/mol. The van der Waals surface area contributed by atoms with E-state index < -0.39 is 0 Å². The number of aromatic nitrogens is 1. The lowest BCUT2D eigenvalue weighted by atomic mass is 10.1. The molecule has 0 bridgehead atoms.